The number of anilines is 1. The molecule has 0 spiro atoms. The SMILES string of the molecule is CCc1ccc2nc(N)n(Cc3nc(C)ccc3O)c2c1. The van der Waals surface area contributed by atoms with Crippen LogP contribution in [0.3, 0.4) is 0 Å². The van der Waals surface area contributed by atoms with Crippen LogP contribution in [-0.2, 0) is 13.0 Å². The van der Waals surface area contributed by atoms with Crippen LogP contribution < -0.4 is 5.73 Å². The number of hydrogen-bond donors (Lipinski definition) is 2. The van der Waals surface area contributed by atoms with E-state index in [2.05, 4.69) is 29.0 Å². The number of fused-ring (bicyclic) bond motifs is 1. The molecule has 0 saturated carbocycles. The molecule has 108 valence electrons. The van der Waals surface area contributed by atoms with Crippen LogP contribution in [0.15, 0.2) is 30.3 Å². The highest BCUT2D eigenvalue weighted by atomic mass is 16.3. The number of imidazole rings is 1. The summed E-state index contributed by atoms with van der Waals surface area (Å²) in [5.74, 6) is 0.606. The van der Waals surface area contributed by atoms with Crippen molar-refractivity contribution in [3.8, 4) is 5.75 Å². The Morgan fingerprint density at radius 1 is 1.19 bits per heavy atom. The third kappa shape index (κ3) is 2.42. The second-order valence-electron chi connectivity index (χ2n) is 5.15. The average Bonchev–Trinajstić information content (AvgIpc) is 2.78. The topological polar surface area (TPSA) is 77.0 Å². The number of hydrogen-bond acceptors (Lipinski definition) is 4. The maximum absolute atomic E-state index is 9.96. The molecule has 0 aliphatic heterocycles. The standard InChI is InChI=1S/C16H18N4O/c1-3-11-5-6-12-14(8-11)20(16(17)19-12)9-13-15(21)7-4-10(2)18-13/h4-8,21H,3,9H2,1-2H3,(H2,17,19). The summed E-state index contributed by atoms with van der Waals surface area (Å²) in [6, 6.07) is 9.56. The average molecular weight is 282 g/mol. The van der Waals surface area contributed by atoms with E-state index in [1.165, 1.54) is 5.56 Å². The Kier molecular flexibility index (Phi) is 3.25. The molecule has 5 nitrogen and oxygen atoms in total. The number of aryl methyl sites for hydroxylation is 2. The Hall–Kier alpha value is -2.56. The maximum Gasteiger partial charge on any atom is 0.201 e. The lowest BCUT2D eigenvalue weighted by Gasteiger charge is -2.09. The van der Waals surface area contributed by atoms with Gasteiger partial charge in [-0.25, -0.2) is 4.98 Å². The molecule has 0 radical (unpaired) electrons. The van der Waals surface area contributed by atoms with Gasteiger partial charge in [0.15, 0.2) is 0 Å². The van der Waals surface area contributed by atoms with E-state index in [4.69, 9.17) is 5.73 Å². The van der Waals surface area contributed by atoms with E-state index in [0.29, 0.717) is 18.2 Å². The van der Waals surface area contributed by atoms with E-state index in [1.807, 2.05) is 17.6 Å². The lowest BCUT2D eigenvalue weighted by atomic mass is 10.1. The van der Waals surface area contributed by atoms with Crippen LogP contribution in [-0.4, -0.2) is 19.6 Å². The molecule has 21 heavy (non-hydrogen) atoms. The van der Waals surface area contributed by atoms with Gasteiger partial charge in [-0.15, -0.1) is 0 Å². The van der Waals surface area contributed by atoms with E-state index >= 15 is 0 Å². The smallest absolute Gasteiger partial charge is 0.201 e. The molecule has 0 saturated heterocycles. The summed E-state index contributed by atoms with van der Waals surface area (Å²) in [5, 5.41) is 9.96. The number of nitrogen functional groups attached to an aromatic ring is 1. The Morgan fingerprint density at radius 2 is 2.00 bits per heavy atom. The van der Waals surface area contributed by atoms with Gasteiger partial charge in [0.25, 0.3) is 0 Å². The van der Waals surface area contributed by atoms with Crippen LogP contribution in [0.1, 0.15) is 23.9 Å². The fraction of sp³-hybridized carbons (Fsp3) is 0.250. The first kappa shape index (κ1) is 13.4. The first-order valence-corrected chi connectivity index (χ1v) is 6.98. The third-order valence-corrected chi connectivity index (χ3v) is 3.65. The fourth-order valence-corrected chi connectivity index (χ4v) is 2.44. The summed E-state index contributed by atoms with van der Waals surface area (Å²) < 4.78 is 1.88. The van der Waals surface area contributed by atoms with Gasteiger partial charge in [0.05, 0.1) is 17.6 Å². The highest BCUT2D eigenvalue weighted by Crippen LogP contribution is 2.23. The number of nitrogens with zero attached hydrogens (tertiary/aromatic N) is 3. The monoisotopic (exact) mass is 282 g/mol. The van der Waals surface area contributed by atoms with Crippen molar-refractivity contribution in [3.63, 3.8) is 0 Å². The highest BCUT2D eigenvalue weighted by Gasteiger charge is 2.12. The maximum atomic E-state index is 9.96. The minimum Gasteiger partial charge on any atom is -0.506 e. The van der Waals surface area contributed by atoms with Gasteiger partial charge >= 0.3 is 0 Å². The minimum absolute atomic E-state index is 0.175. The quantitative estimate of drug-likeness (QED) is 0.774. The molecule has 0 aliphatic rings. The van der Waals surface area contributed by atoms with Gasteiger partial charge in [-0.05, 0) is 43.2 Å². The Balaban J connectivity index is 2.11. The number of aromatic nitrogens is 3. The van der Waals surface area contributed by atoms with E-state index in [0.717, 1.165) is 23.1 Å². The zero-order valence-corrected chi connectivity index (χ0v) is 12.2. The van der Waals surface area contributed by atoms with Crippen LogP contribution in [0.4, 0.5) is 5.95 Å². The first-order valence-electron chi connectivity index (χ1n) is 6.98. The van der Waals surface area contributed by atoms with Crippen molar-refractivity contribution in [2.45, 2.75) is 26.8 Å². The summed E-state index contributed by atoms with van der Waals surface area (Å²) in [7, 11) is 0. The van der Waals surface area contributed by atoms with Gasteiger partial charge in [0.2, 0.25) is 5.95 Å². The fourth-order valence-electron chi connectivity index (χ4n) is 2.44. The molecule has 0 amide bonds. The zero-order valence-electron chi connectivity index (χ0n) is 12.2. The Bertz CT molecular complexity index is 807. The molecule has 0 atom stereocenters. The van der Waals surface area contributed by atoms with Crippen LogP contribution in [0.2, 0.25) is 0 Å². The van der Waals surface area contributed by atoms with Gasteiger partial charge in [0.1, 0.15) is 11.4 Å². The van der Waals surface area contributed by atoms with Gasteiger partial charge in [-0.2, -0.15) is 0 Å². The molecule has 0 bridgehead atoms. The van der Waals surface area contributed by atoms with Crippen molar-refractivity contribution in [2.75, 3.05) is 5.73 Å². The van der Waals surface area contributed by atoms with Crippen molar-refractivity contribution in [1.29, 1.82) is 0 Å². The van der Waals surface area contributed by atoms with E-state index < -0.39 is 0 Å². The molecule has 3 aromatic rings. The van der Waals surface area contributed by atoms with Crippen molar-refractivity contribution in [3.05, 3.63) is 47.3 Å². The van der Waals surface area contributed by atoms with E-state index in [9.17, 15) is 5.11 Å². The van der Waals surface area contributed by atoms with Crippen LogP contribution in [0, 0.1) is 6.92 Å². The highest BCUT2D eigenvalue weighted by molar-refractivity contribution is 5.79. The molecule has 3 N–H and O–H groups in total. The number of benzene rings is 1. The number of aromatic hydroxyl groups is 1. The zero-order chi connectivity index (χ0) is 15.0. The van der Waals surface area contributed by atoms with Crippen molar-refractivity contribution in [2.24, 2.45) is 0 Å². The molecule has 5 heteroatoms. The first-order chi connectivity index (χ1) is 10.1. The molecule has 3 rings (SSSR count). The van der Waals surface area contributed by atoms with Crippen LogP contribution in [0.5, 0.6) is 5.75 Å². The minimum atomic E-state index is 0.175. The normalized spacial score (nSPS) is 11.1. The summed E-state index contributed by atoms with van der Waals surface area (Å²) in [6.45, 7) is 4.41. The number of nitrogens with two attached hydrogens (primary N) is 1. The second-order valence-corrected chi connectivity index (χ2v) is 5.15. The van der Waals surface area contributed by atoms with E-state index in [1.54, 1.807) is 12.1 Å². The number of pyridine rings is 1. The summed E-state index contributed by atoms with van der Waals surface area (Å²) in [5.41, 5.74) is 10.5. The van der Waals surface area contributed by atoms with Gasteiger partial charge in [0, 0.05) is 5.69 Å². The predicted molar refractivity (Wildman–Crippen MR) is 83.3 cm³/mol. The van der Waals surface area contributed by atoms with Gasteiger partial charge in [-0.3, -0.25) is 4.98 Å². The third-order valence-electron chi connectivity index (χ3n) is 3.65. The van der Waals surface area contributed by atoms with Gasteiger partial charge < -0.3 is 15.4 Å². The molecular weight excluding hydrogens is 264 g/mol. The van der Waals surface area contributed by atoms with Crippen LogP contribution >= 0.6 is 0 Å². The molecule has 2 heterocycles. The Morgan fingerprint density at radius 3 is 2.76 bits per heavy atom. The summed E-state index contributed by atoms with van der Waals surface area (Å²) in [6.07, 6.45) is 0.953. The lowest BCUT2D eigenvalue weighted by Crippen LogP contribution is -2.07. The van der Waals surface area contributed by atoms with Crippen molar-refractivity contribution in [1.82, 2.24) is 14.5 Å². The largest absolute Gasteiger partial charge is 0.506 e. The molecule has 0 aliphatic carbocycles. The molecule has 0 fully saturated rings. The van der Waals surface area contributed by atoms with Crippen LogP contribution in [0.25, 0.3) is 11.0 Å². The molecular formula is C16H18N4O. The van der Waals surface area contributed by atoms with Crippen molar-refractivity contribution < 1.29 is 5.11 Å². The molecule has 2 aromatic heterocycles. The second kappa shape index (κ2) is 5.09. The summed E-state index contributed by atoms with van der Waals surface area (Å²) in [4.78, 5) is 8.75. The molecule has 1 aromatic carbocycles. The van der Waals surface area contributed by atoms with Gasteiger partial charge in [-0.1, -0.05) is 13.0 Å². The number of rotatable bonds is 3. The predicted octanol–water partition coefficient (Wildman–Crippen LogP) is 2.64. The van der Waals surface area contributed by atoms with Crippen molar-refractivity contribution >= 4 is 17.0 Å². The lowest BCUT2D eigenvalue weighted by molar-refractivity contribution is 0.461. The van der Waals surface area contributed by atoms with E-state index in [-0.39, 0.29) is 5.75 Å². The molecule has 0 unspecified atom stereocenters. The summed E-state index contributed by atoms with van der Waals surface area (Å²) >= 11 is 0. The Labute approximate surface area is 123 Å².